The molecule has 3 heteroatoms. The Morgan fingerprint density at radius 3 is 2.50 bits per heavy atom. The van der Waals surface area contributed by atoms with Gasteiger partial charge in [0.1, 0.15) is 0 Å². The lowest BCUT2D eigenvalue weighted by atomic mass is 10.1. The first kappa shape index (κ1) is 16.8. The van der Waals surface area contributed by atoms with E-state index in [4.69, 9.17) is 9.47 Å². The summed E-state index contributed by atoms with van der Waals surface area (Å²) in [6.07, 6.45) is 2.39. The SMILES string of the molecule is CCCC(C)COc1ccc(C(C)NCC)cc1OC. The first-order valence-corrected chi connectivity index (χ1v) is 7.66. The second-order valence-corrected chi connectivity index (χ2v) is 5.39. The molecule has 0 aliphatic heterocycles. The largest absolute Gasteiger partial charge is 0.493 e. The number of rotatable bonds is 9. The molecule has 0 aliphatic rings. The van der Waals surface area contributed by atoms with Crippen LogP contribution in [0, 0.1) is 5.92 Å². The molecule has 0 aliphatic carbocycles. The molecule has 0 aromatic heterocycles. The van der Waals surface area contributed by atoms with Crippen LogP contribution in [0.3, 0.4) is 0 Å². The number of methoxy groups -OCH3 is 1. The monoisotopic (exact) mass is 279 g/mol. The second-order valence-electron chi connectivity index (χ2n) is 5.39. The van der Waals surface area contributed by atoms with Crippen LogP contribution in [0.5, 0.6) is 11.5 Å². The molecule has 20 heavy (non-hydrogen) atoms. The van der Waals surface area contributed by atoms with E-state index in [1.165, 1.54) is 18.4 Å². The Balaban J connectivity index is 2.72. The summed E-state index contributed by atoms with van der Waals surface area (Å²) < 4.78 is 11.3. The zero-order chi connectivity index (χ0) is 15.0. The molecule has 2 unspecified atom stereocenters. The number of hydrogen-bond acceptors (Lipinski definition) is 3. The molecule has 0 saturated heterocycles. The number of nitrogens with one attached hydrogen (secondary N) is 1. The maximum Gasteiger partial charge on any atom is 0.161 e. The zero-order valence-electron chi connectivity index (χ0n) is 13.5. The van der Waals surface area contributed by atoms with Crippen LogP contribution in [-0.4, -0.2) is 20.3 Å². The molecule has 1 N–H and O–H groups in total. The van der Waals surface area contributed by atoms with Crippen LogP contribution < -0.4 is 14.8 Å². The fraction of sp³-hybridized carbons (Fsp3) is 0.647. The standard InChI is InChI=1S/C17H29NO2/c1-6-8-13(3)12-20-16-10-9-15(11-17(16)19-5)14(4)18-7-2/h9-11,13-14,18H,6-8,12H2,1-5H3. The Morgan fingerprint density at radius 2 is 1.90 bits per heavy atom. The van der Waals surface area contributed by atoms with Crippen molar-refractivity contribution in [1.82, 2.24) is 5.32 Å². The average Bonchev–Trinajstić information content (AvgIpc) is 2.45. The van der Waals surface area contributed by atoms with Crippen LogP contribution in [0.1, 0.15) is 52.1 Å². The minimum absolute atomic E-state index is 0.321. The topological polar surface area (TPSA) is 30.5 Å². The highest BCUT2D eigenvalue weighted by Gasteiger charge is 2.11. The molecule has 0 saturated carbocycles. The van der Waals surface area contributed by atoms with Crippen LogP contribution in [0.4, 0.5) is 0 Å². The molecule has 1 rings (SSSR count). The van der Waals surface area contributed by atoms with Gasteiger partial charge in [0.2, 0.25) is 0 Å². The minimum Gasteiger partial charge on any atom is -0.493 e. The van der Waals surface area contributed by atoms with Crippen molar-refractivity contribution in [2.45, 2.75) is 46.6 Å². The summed E-state index contributed by atoms with van der Waals surface area (Å²) in [6, 6.07) is 6.51. The highest BCUT2D eigenvalue weighted by atomic mass is 16.5. The molecule has 0 fully saturated rings. The molecule has 114 valence electrons. The predicted octanol–water partition coefficient (Wildman–Crippen LogP) is 4.18. The number of hydrogen-bond donors (Lipinski definition) is 1. The lowest BCUT2D eigenvalue weighted by Crippen LogP contribution is -2.17. The van der Waals surface area contributed by atoms with Crippen molar-refractivity contribution in [3.05, 3.63) is 23.8 Å². The van der Waals surface area contributed by atoms with E-state index >= 15 is 0 Å². The molecular weight excluding hydrogens is 250 g/mol. The van der Waals surface area contributed by atoms with Crippen LogP contribution >= 0.6 is 0 Å². The van der Waals surface area contributed by atoms with Gasteiger partial charge in [0.05, 0.1) is 13.7 Å². The lowest BCUT2D eigenvalue weighted by Gasteiger charge is -2.18. The Hall–Kier alpha value is -1.22. The molecular formula is C17H29NO2. The van der Waals surface area contributed by atoms with Gasteiger partial charge in [-0.15, -0.1) is 0 Å². The minimum atomic E-state index is 0.321. The second kappa shape index (κ2) is 8.85. The Kier molecular flexibility index (Phi) is 7.45. The van der Waals surface area contributed by atoms with Gasteiger partial charge >= 0.3 is 0 Å². The summed E-state index contributed by atoms with van der Waals surface area (Å²) >= 11 is 0. The van der Waals surface area contributed by atoms with Crippen molar-refractivity contribution in [2.75, 3.05) is 20.3 Å². The van der Waals surface area contributed by atoms with E-state index in [-0.39, 0.29) is 0 Å². The van der Waals surface area contributed by atoms with Crippen LogP contribution in [0.15, 0.2) is 18.2 Å². The number of benzene rings is 1. The fourth-order valence-electron chi connectivity index (χ4n) is 2.30. The first-order chi connectivity index (χ1) is 9.62. The van der Waals surface area contributed by atoms with Crippen molar-refractivity contribution < 1.29 is 9.47 Å². The third-order valence-electron chi connectivity index (χ3n) is 3.50. The smallest absolute Gasteiger partial charge is 0.161 e. The van der Waals surface area contributed by atoms with Crippen molar-refractivity contribution in [3.8, 4) is 11.5 Å². The van der Waals surface area contributed by atoms with E-state index in [1.54, 1.807) is 7.11 Å². The van der Waals surface area contributed by atoms with Gasteiger partial charge in [0.15, 0.2) is 11.5 Å². The van der Waals surface area contributed by atoms with E-state index in [2.05, 4.69) is 45.1 Å². The van der Waals surface area contributed by atoms with Gasteiger partial charge in [0.25, 0.3) is 0 Å². The van der Waals surface area contributed by atoms with Gasteiger partial charge in [0, 0.05) is 6.04 Å². The lowest BCUT2D eigenvalue weighted by molar-refractivity contribution is 0.240. The maximum absolute atomic E-state index is 5.89. The van der Waals surface area contributed by atoms with E-state index < -0.39 is 0 Å². The summed E-state index contributed by atoms with van der Waals surface area (Å²) in [6.45, 7) is 10.4. The molecule has 0 bridgehead atoms. The zero-order valence-corrected chi connectivity index (χ0v) is 13.5. The normalized spacial score (nSPS) is 13.8. The molecule has 1 aromatic carbocycles. The Labute approximate surface area is 123 Å². The molecule has 0 heterocycles. The average molecular weight is 279 g/mol. The highest BCUT2D eigenvalue weighted by Crippen LogP contribution is 2.30. The van der Waals surface area contributed by atoms with Gasteiger partial charge < -0.3 is 14.8 Å². The van der Waals surface area contributed by atoms with E-state index in [0.29, 0.717) is 12.0 Å². The number of ether oxygens (including phenoxy) is 2. The van der Waals surface area contributed by atoms with Crippen LogP contribution in [-0.2, 0) is 0 Å². The van der Waals surface area contributed by atoms with Crippen LogP contribution in [0.2, 0.25) is 0 Å². The molecule has 3 nitrogen and oxygen atoms in total. The summed E-state index contributed by atoms with van der Waals surface area (Å²) in [5, 5.41) is 3.40. The molecule has 2 atom stereocenters. The quantitative estimate of drug-likeness (QED) is 0.735. The first-order valence-electron chi connectivity index (χ1n) is 7.66. The van der Waals surface area contributed by atoms with Crippen molar-refractivity contribution >= 4 is 0 Å². The summed E-state index contributed by atoms with van der Waals surface area (Å²) in [7, 11) is 1.69. The van der Waals surface area contributed by atoms with Crippen LogP contribution in [0.25, 0.3) is 0 Å². The Morgan fingerprint density at radius 1 is 1.15 bits per heavy atom. The molecule has 0 amide bonds. The van der Waals surface area contributed by atoms with Crippen molar-refractivity contribution in [2.24, 2.45) is 5.92 Å². The Bertz CT molecular complexity index is 393. The summed E-state index contributed by atoms with van der Waals surface area (Å²) in [4.78, 5) is 0. The highest BCUT2D eigenvalue weighted by molar-refractivity contribution is 5.43. The molecule has 0 radical (unpaired) electrons. The van der Waals surface area contributed by atoms with Crippen molar-refractivity contribution in [3.63, 3.8) is 0 Å². The maximum atomic E-state index is 5.89. The van der Waals surface area contributed by atoms with Gasteiger partial charge in [-0.1, -0.05) is 33.3 Å². The van der Waals surface area contributed by atoms with Gasteiger partial charge in [-0.2, -0.15) is 0 Å². The summed E-state index contributed by atoms with van der Waals surface area (Å²) in [5.41, 5.74) is 1.22. The third kappa shape index (κ3) is 5.04. The molecule has 1 aromatic rings. The molecule has 0 spiro atoms. The van der Waals surface area contributed by atoms with Gasteiger partial charge in [-0.3, -0.25) is 0 Å². The predicted molar refractivity (Wildman–Crippen MR) is 84.7 cm³/mol. The van der Waals surface area contributed by atoms with E-state index in [9.17, 15) is 0 Å². The van der Waals surface area contributed by atoms with E-state index in [1.807, 2.05) is 6.07 Å². The third-order valence-corrected chi connectivity index (χ3v) is 3.50. The van der Waals surface area contributed by atoms with Gasteiger partial charge in [-0.05, 0) is 43.5 Å². The van der Waals surface area contributed by atoms with Crippen molar-refractivity contribution in [1.29, 1.82) is 0 Å². The van der Waals surface area contributed by atoms with E-state index in [0.717, 1.165) is 24.7 Å². The fourth-order valence-corrected chi connectivity index (χ4v) is 2.30. The summed E-state index contributed by atoms with van der Waals surface area (Å²) in [5.74, 6) is 2.23. The van der Waals surface area contributed by atoms with Gasteiger partial charge in [-0.25, -0.2) is 0 Å².